The van der Waals surface area contributed by atoms with Crippen LogP contribution in [0, 0.1) is 0 Å². The van der Waals surface area contributed by atoms with Gasteiger partial charge in [-0.1, -0.05) is 30.1 Å². The predicted octanol–water partition coefficient (Wildman–Crippen LogP) is 3.97. The lowest BCUT2D eigenvalue weighted by Crippen LogP contribution is -2.46. The molecule has 1 aromatic heterocycles. The molecule has 0 amide bonds. The third-order valence-electron chi connectivity index (χ3n) is 3.84. The van der Waals surface area contributed by atoms with Crippen LogP contribution < -0.4 is 10.2 Å². The zero-order valence-electron chi connectivity index (χ0n) is 11.9. The molecule has 1 aromatic carbocycles. The third kappa shape index (κ3) is 3.11. The fourth-order valence-electron chi connectivity index (χ4n) is 2.86. The molecule has 0 aliphatic carbocycles. The minimum absolute atomic E-state index is 0.507. The number of aromatic nitrogens is 2. The molecule has 0 radical (unpaired) electrons. The van der Waals surface area contributed by atoms with E-state index in [2.05, 4.69) is 25.9 Å². The van der Waals surface area contributed by atoms with E-state index in [9.17, 15) is 0 Å². The SMILES string of the molecule is CCCNC1CCCN(c2c(Cl)cc(Cl)c3nsnc23)C1. The summed E-state index contributed by atoms with van der Waals surface area (Å²) in [6.07, 6.45) is 3.51. The first kappa shape index (κ1) is 15.3. The Bertz CT molecular complexity index is 631. The van der Waals surface area contributed by atoms with Crippen molar-refractivity contribution in [3.05, 3.63) is 16.1 Å². The molecule has 1 unspecified atom stereocenters. The fourth-order valence-corrected chi connectivity index (χ4v) is 4.08. The molecule has 21 heavy (non-hydrogen) atoms. The largest absolute Gasteiger partial charge is 0.367 e. The maximum Gasteiger partial charge on any atom is 0.131 e. The van der Waals surface area contributed by atoms with Crippen LogP contribution in [0.5, 0.6) is 0 Å². The van der Waals surface area contributed by atoms with Gasteiger partial charge in [0.05, 0.1) is 27.5 Å². The van der Waals surface area contributed by atoms with E-state index in [0.717, 1.165) is 49.2 Å². The normalized spacial score (nSPS) is 19.4. The van der Waals surface area contributed by atoms with Crippen LogP contribution in [0.1, 0.15) is 26.2 Å². The number of hydrogen-bond donors (Lipinski definition) is 1. The lowest BCUT2D eigenvalue weighted by Gasteiger charge is -2.35. The molecule has 0 saturated carbocycles. The van der Waals surface area contributed by atoms with Crippen molar-refractivity contribution in [1.82, 2.24) is 14.1 Å². The van der Waals surface area contributed by atoms with Crippen LogP contribution in [0.4, 0.5) is 5.69 Å². The predicted molar refractivity (Wildman–Crippen MR) is 91.0 cm³/mol. The smallest absolute Gasteiger partial charge is 0.131 e. The lowest BCUT2D eigenvalue weighted by atomic mass is 10.0. The van der Waals surface area contributed by atoms with Crippen molar-refractivity contribution in [3.63, 3.8) is 0 Å². The first-order valence-corrected chi connectivity index (χ1v) is 8.78. The molecule has 1 atom stereocenters. The highest BCUT2D eigenvalue weighted by molar-refractivity contribution is 7.00. The van der Waals surface area contributed by atoms with Crippen molar-refractivity contribution in [2.45, 2.75) is 32.2 Å². The van der Waals surface area contributed by atoms with Crippen LogP contribution >= 0.6 is 34.9 Å². The molecule has 0 bridgehead atoms. The summed E-state index contributed by atoms with van der Waals surface area (Å²) < 4.78 is 8.68. The van der Waals surface area contributed by atoms with Gasteiger partial charge in [0.2, 0.25) is 0 Å². The Morgan fingerprint density at radius 2 is 2.14 bits per heavy atom. The Morgan fingerprint density at radius 1 is 1.33 bits per heavy atom. The Hall–Kier alpha value is -0.620. The zero-order valence-corrected chi connectivity index (χ0v) is 14.2. The maximum absolute atomic E-state index is 6.44. The summed E-state index contributed by atoms with van der Waals surface area (Å²) in [6.45, 7) is 5.20. The average Bonchev–Trinajstić information content (AvgIpc) is 2.95. The molecule has 1 fully saturated rings. The van der Waals surface area contributed by atoms with E-state index in [0.29, 0.717) is 16.1 Å². The van der Waals surface area contributed by atoms with Gasteiger partial charge in [-0.2, -0.15) is 8.75 Å². The van der Waals surface area contributed by atoms with Gasteiger partial charge in [0.1, 0.15) is 11.0 Å². The number of halogens is 2. The topological polar surface area (TPSA) is 41.0 Å². The van der Waals surface area contributed by atoms with Crippen LogP contribution in [0.25, 0.3) is 11.0 Å². The second kappa shape index (κ2) is 6.65. The van der Waals surface area contributed by atoms with E-state index in [-0.39, 0.29) is 0 Å². The number of hydrogen-bond acceptors (Lipinski definition) is 5. The molecule has 3 rings (SSSR count). The van der Waals surface area contributed by atoms with Crippen molar-refractivity contribution in [2.24, 2.45) is 0 Å². The molecular weight excluding hydrogens is 327 g/mol. The average molecular weight is 345 g/mol. The van der Waals surface area contributed by atoms with E-state index in [1.54, 1.807) is 6.07 Å². The number of piperidine rings is 1. The molecule has 2 heterocycles. The lowest BCUT2D eigenvalue weighted by molar-refractivity contribution is 0.424. The maximum atomic E-state index is 6.44. The van der Waals surface area contributed by atoms with Crippen molar-refractivity contribution in [3.8, 4) is 0 Å². The van der Waals surface area contributed by atoms with E-state index in [1.807, 2.05) is 0 Å². The molecule has 1 aliphatic heterocycles. The Labute approximate surface area is 138 Å². The van der Waals surface area contributed by atoms with E-state index >= 15 is 0 Å². The summed E-state index contributed by atoms with van der Waals surface area (Å²) in [6, 6.07) is 2.29. The van der Waals surface area contributed by atoms with Gasteiger partial charge < -0.3 is 10.2 Å². The number of benzene rings is 1. The number of anilines is 1. The second-order valence-electron chi connectivity index (χ2n) is 5.39. The van der Waals surface area contributed by atoms with E-state index in [4.69, 9.17) is 23.2 Å². The van der Waals surface area contributed by atoms with Crippen molar-refractivity contribution >= 4 is 51.7 Å². The summed E-state index contributed by atoms with van der Waals surface area (Å²) in [4.78, 5) is 2.32. The monoisotopic (exact) mass is 344 g/mol. The first-order chi connectivity index (χ1) is 10.2. The van der Waals surface area contributed by atoms with Crippen LogP contribution in [0.3, 0.4) is 0 Å². The van der Waals surface area contributed by atoms with Crippen LogP contribution in [0.15, 0.2) is 6.07 Å². The minimum atomic E-state index is 0.507. The highest BCUT2D eigenvalue weighted by atomic mass is 35.5. The molecule has 7 heteroatoms. The molecule has 0 spiro atoms. The molecule has 114 valence electrons. The van der Waals surface area contributed by atoms with Crippen LogP contribution in [0.2, 0.25) is 10.0 Å². The fraction of sp³-hybridized carbons (Fsp3) is 0.571. The molecule has 1 saturated heterocycles. The molecule has 2 aromatic rings. The summed E-state index contributed by atoms with van der Waals surface area (Å²) >= 11 is 13.8. The van der Waals surface area contributed by atoms with Crippen molar-refractivity contribution in [2.75, 3.05) is 24.5 Å². The Balaban J connectivity index is 1.91. The standard InChI is InChI=1S/C14H18Cl2N4S/c1-2-5-17-9-4-3-6-20(8-9)14-11(16)7-10(15)12-13(14)19-21-18-12/h7,9,17H,2-6,8H2,1H3. The van der Waals surface area contributed by atoms with Gasteiger partial charge in [-0.3, -0.25) is 0 Å². The molecule has 1 aliphatic rings. The number of nitrogens with zero attached hydrogens (tertiary/aromatic N) is 3. The molecule has 1 N–H and O–H groups in total. The summed E-state index contributed by atoms with van der Waals surface area (Å²) in [7, 11) is 0. The van der Waals surface area contributed by atoms with Gasteiger partial charge >= 0.3 is 0 Å². The molecule has 4 nitrogen and oxygen atoms in total. The summed E-state index contributed by atoms with van der Waals surface area (Å²) in [5, 5.41) is 4.84. The van der Waals surface area contributed by atoms with Gasteiger partial charge in [-0.15, -0.1) is 0 Å². The third-order valence-corrected chi connectivity index (χ3v) is 4.94. The van der Waals surface area contributed by atoms with Crippen molar-refractivity contribution < 1.29 is 0 Å². The number of rotatable bonds is 4. The van der Waals surface area contributed by atoms with Gasteiger partial charge in [-0.25, -0.2) is 0 Å². The zero-order chi connectivity index (χ0) is 14.8. The summed E-state index contributed by atoms with van der Waals surface area (Å²) in [5.41, 5.74) is 2.56. The Kier molecular flexibility index (Phi) is 4.84. The number of fused-ring (bicyclic) bond motifs is 1. The van der Waals surface area contributed by atoms with Crippen LogP contribution in [-0.4, -0.2) is 34.4 Å². The Morgan fingerprint density at radius 3 is 2.95 bits per heavy atom. The second-order valence-corrected chi connectivity index (χ2v) is 6.73. The highest BCUT2D eigenvalue weighted by Crippen LogP contribution is 2.38. The van der Waals surface area contributed by atoms with Gasteiger partial charge in [0, 0.05) is 19.1 Å². The summed E-state index contributed by atoms with van der Waals surface area (Å²) in [5.74, 6) is 0. The van der Waals surface area contributed by atoms with Gasteiger partial charge in [0.25, 0.3) is 0 Å². The van der Waals surface area contributed by atoms with Crippen molar-refractivity contribution in [1.29, 1.82) is 0 Å². The van der Waals surface area contributed by atoms with Gasteiger partial charge in [0.15, 0.2) is 0 Å². The quantitative estimate of drug-likeness (QED) is 0.910. The highest BCUT2D eigenvalue weighted by Gasteiger charge is 2.24. The number of nitrogens with one attached hydrogen (secondary N) is 1. The van der Waals surface area contributed by atoms with E-state index < -0.39 is 0 Å². The van der Waals surface area contributed by atoms with Gasteiger partial charge in [-0.05, 0) is 31.9 Å². The minimum Gasteiger partial charge on any atom is -0.367 e. The first-order valence-electron chi connectivity index (χ1n) is 7.29. The van der Waals surface area contributed by atoms with E-state index in [1.165, 1.54) is 18.1 Å². The molecular formula is C14H18Cl2N4S. The van der Waals surface area contributed by atoms with Crippen LogP contribution in [-0.2, 0) is 0 Å².